The molecule has 0 aliphatic carbocycles. The molecule has 2 aromatic heterocycles. The van der Waals surface area contributed by atoms with Gasteiger partial charge in [-0.2, -0.15) is 0 Å². The standard InChI is InChI=1S/C16H17N5/c17-12-3-4-13-14(10-12)20-16(19-13)21-9-1-2-15(21)11-5-7-18-8-6-11/h3-8,10,15H,1-2,9,17H2,(H,19,20). The van der Waals surface area contributed by atoms with Crippen LogP contribution in [0, 0.1) is 0 Å². The third-order valence-corrected chi connectivity index (χ3v) is 4.11. The normalized spacial score (nSPS) is 18.5. The van der Waals surface area contributed by atoms with E-state index in [-0.39, 0.29) is 0 Å². The predicted octanol–water partition coefficient (Wildman–Crippen LogP) is 2.88. The number of hydrogen-bond acceptors (Lipinski definition) is 4. The molecule has 0 bridgehead atoms. The highest BCUT2D eigenvalue weighted by atomic mass is 15.3. The van der Waals surface area contributed by atoms with Crippen molar-refractivity contribution in [1.82, 2.24) is 15.0 Å². The van der Waals surface area contributed by atoms with E-state index in [0.29, 0.717) is 6.04 Å². The van der Waals surface area contributed by atoms with Gasteiger partial charge in [0.15, 0.2) is 0 Å². The molecular formula is C16H17N5. The van der Waals surface area contributed by atoms with Gasteiger partial charge in [-0.25, -0.2) is 4.98 Å². The first-order chi connectivity index (χ1) is 10.3. The Morgan fingerprint density at radius 1 is 1.19 bits per heavy atom. The van der Waals surface area contributed by atoms with E-state index in [1.54, 1.807) is 0 Å². The third-order valence-electron chi connectivity index (χ3n) is 4.11. The quantitative estimate of drug-likeness (QED) is 0.708. The van der Waals surface area contributed by atoms with Gasteiger partial charge in [0.05, 0.1) is 17.1 Å². The van der Waals surface area contributed by atoms with E-state index in [1.165, 1.54) is 12.0 Å². The molecule has 1 atom stereocenters. The van der Waals surface area contributed by atoms with Crippen LogP contribution in [0.25, 0.3) is 11.0 Å². The molecule has 1 aliphatic rings. The monoisotopic (exact) mass is 279 g/mol. The Morgan fingerprint density at radius 2 is 2.05 bits per heavy atom. The van der Waals surface area contributed by atoms with E-state index in [4.69, 9.17) is 10.7 Å². The topological polar surface area (TPSA) is 70.8 Å². The van der Waals surface area contributed by atoms with Gasteiger partial charge >= 0.3 is 0 Å². The van der Waals surface area contributed by atoms with Crippen LogP contribution in [0.5, 0.6) is 0 Å². The van der Waals surface area contributed by atoms with Crippen LogP contribution < -0.4 is 10.6 Å². The zero-order chi connectivity index (χ0) is 14.2. The minimum Gasteiger partial charge on any atom is -0.399 e. The van der Waals surface area contributed by atoms with Crippen molar-refractivity contribution in [3.05, 3.63) is 48.3 Å². The van der Waals surface area contributed by atoms with E-state index in [9.17, 15) is 0 Å². The van der Waals surface area contributed by atoms with Gasteiger partial charge in [0.25, 0.3) is 0 Å². The number of nitrogens with two attached hydrogens (primary N) is 1. The van der Waals surface area contributed by atoms with Crippen molar-refractivity contribution < 1.29 is 0 Å². The summed E-state index contributed by atoms with van der Waals surface area (Å²) < 4.78 is 0. The summed E-state index contributed by atoms with van der Waals surface area (Å²) in [5, 5.41) is 0. The summed E-state index contributed by atoms with van der Waals surface area (Å²) >= 11 is 0. The van der Waals surface area contributed by atoms with E-state index in [0.717, 1.165) is 35.6 Å². The molecule has 3 aromatic rings. The Balaban J connectivity index is 1.73. The number of anilines is 2. The number of benzene rings is 1. The lowest BCUT2D eigenvalue weighted by Gasteiger charge is -2.24. The van der Waals surface area contributed by atoms with Crippen LogP contribution in [0.4, 0.5) is 11.6 Å². The fourth-order valence-electron chi connectivity index (χ4n) is 3.10. The highest BCUT2D eigenvalue weighted by Gasteiger charge is 2.28. The molecule has 0 spiro atoms. The summed E-state index contributed by atoms with van der Waals surface area (Å²) in [6, 6.07) is 10.3. The van der Waals surface area contributed by atoms with E-state index in [1.807, 2.05) is 30.6 Å². The van der Waals surface area contributed by atoms with Gasteiger partial charge in [-0.3, -0.25) is 4.98 Å². The SMILES string of the molecule is Nc1ccc2nc(N3CCCC3c3ccncc3)[nH]c2c1. The highest BCUT2D eigenvalue weighted by Crippen LogP contribution is 2.35. The molecule has 1 aliphatic heterocycles. The Hall–Kier alpha value is -2.56. The van der Waals surface area contributed by atoms with Crippen LogP contribution in [-0.2, 0) is 0 Å². The molecule has 1 unspecified atom stereocenters. The summed E-state index contributed by atoms with van der Waals surface area (Å²) in [5.74, 6) is 0.926. The van der Waals surface area contributed by atoms with Crippen LogP contribution in [-0.4, -0.2) is 21.5 Å². The fourth-order valence-corrected chi connectivity index (χ4v) is 3.10. The van der Waals surface area contributed by atoms with Crippen LogP contribution in [0.2, 0.25) is 0 Å². The molecule has 5 nitrogen and oxygen atoms in total. The summed E-state index contributed by atoms with van der Waals surface area (Å²) in [5.41, 5.74) is 9.83. The van der Waals surface area contributed by atoms with Gasteiger partial charge in [-0.15, -0.1) is 0 Å². The van der Waals surface area contributed by atoms with Crippen LogP contribution in [0.3, 0.4) is 0 Å². The number of nitrogen functional groups attached to an aromatic ring is 1. The number of hydrogen-bond donors (Lipinski definition) is 2. The second-order valence-electron chi connectivity index (χ2n) is 5.47. The van der Waals surface area contributed by atoms with E-state index >= 15 is 0 Å². The highest BCUT2D eigenvalue weighted by molar-refractivity contribution is 5.81. The zero-order valence-corrected chi connectivity index (χ0v) is 11.7. The Labute approximate surface area is 122 Å². The van der Waals surface area contributed by atoms with Gasteiger partial charge in [0.1, 0.15) is 0 Å². The first kappa shape index (κ1) is 12.2. The number of aromatic amines is 1. The number of H-pyrrole nitrogens is 1. The number of aromatic nitrogens is 3. The second kappa shape index (κ2) is 4.77. The molecule has 3 N–H and O–H groups in total. The number of nitrogens with one attached hydrogen (secondary N) is 1. The molecule has 0 radical (unpaired) electrons. The lowest BCUT2D eigenvalue weighted by Crippen LogP contribution is -2.23. The third kappa shape index (κ3) is 2.11. The lowest BCUT2D eigenvalue weighted by atomic mass is 10.1. The molecule has 5 heteroatoms. The van der Waals surface area contributed by atoms with Crippen molar-refractivity contribution in [3.63, 3.8) is 0 Å². The Bertz CT molecular complexity index is 765. The summed E-state index contributed by atoms with van der Waals surface area (Å²) in [7, 11) is 0. The summed E-state index contributed by atoms with van der Waals surface area (Å²) in [6.07, 6.45) is 6.02. The maximum atomic E-state index is 5.84. The van der Waals surface area contributed by atoms with Crippen LogP contribution in [0.1, 0.15) is 24.4 Å². The summed E-state index contributed by atoms with van der Waals surface area (Å²) in [6.45, 7) is 1.02. The maximum Gasteiger partial charge on any atom is 0.204 e. The maximum absolute atomic E-state index is 5.84. The van der Waals surface area contributed by atoms with Crippen molar-refractivity contribution in [2.24, 2.45) is 0 Å². The summed E-state index contributed by atoms with van der Waals surface area (Å²) in [4.78, 5) is 14.6. The molecule has 21 heavy (non-hydrogen) atoms. The largest absolute Gasteiger partial charge is 0.399 e. The Morgan fingerprint density at radius 3 is 2.90 bits per heavy atom. The van der Waals surface area contributed by atoms with Gasteiger partial charge in [0, 0.05) is 24.6 Å². The minimum atomic E-state index is 0.367. The molecule has 1 saturated heterocycles. The number of pyridine rings is 1. The average Bonchev–Trinajstić information content (AvgIpc) is 3.13. The smallest absolute Gasteiger partial charge is 0.204 e. The molecule has 1 fully saturated rings. The molecule has 1 aromatic carbocycles. The molecule has 0 saturated carbocycles. The molecular weight excluding hydrogens is 262 g/mol. The van der Waals surface area contributed by atoms with Gasteiger partial charge < -0.3 is 15.6 Å². The number of nitrogens with zero attached hydrogens (tertiary/aromatic N) is 3. The van der Waals surface area contributed by atoms with Gasteiger partial charge in [-0.05, 0) is 48.7 Å². The zero-order valence-electron chi connectivity index (χ0n) is 11.7. The molecule has 3 heterocycles. The van der Waals surface area contributed by atoms with Crippen molar-refractivity contribution in [2.75, 3.05) is 17.2 Å². The minimum absolute atomic E-state index is 0.367. The van der Waals surface area contributed by atoms with Gasteiger partial charge in [0.2, 0.25) is 5.95 Å². The van der Waals surface area contributed by atoms with Crippen molar-refractivity contribution in [3.8, 4) is 0 Å². The number of rotatable bonds is 2. The average molecular weight is 279 g/mol. The molecule has 0 amide bonds. The second-order valence-corrected chi connectivity index (χ2v) is 5.47. The van der Waals surface area contributed by atoms with Crippen molar-refractivity contribution in [2.45, 2.75) is 18.9 Å². The first-order valence-corrected chi connectivity index (χ1v) is 7.23. The molecule has 106 valence electrons. The van der Waals surface area contributed by atoms with Crippen molar-refractivity contribution >= 4 is 22.7 Å². The fraction of sp³-hybridized carbons (Fsp3) is 0.250. The van der Waals surface area contributed by atoms with Crippen molar-refractivity contribution in [1.29, 1.82) is 0 Å². The Kier molecular flexibility index (Phi) is 2.77. The van der Waals surface area contributed by atoms with Crippen LogP contribution in [0.15, 0.2) is 42.7 Å². The number of fused-ring (bicyclic) bond motifs is 1. The number of imidazole rings is 1. The first-order valence-electron chi connectivity index (χ1n) is 7.23. The van der Waals surface area contributed by atoms with Gasteiger partial charge in [-0.1, -0.05) is 0 Å². The lowest BCUT2D eigenvalue weighted by molar-refractivity contribution is 0.705. The predicted molar refractivity (Wildman–Crippen MR) is 84.1 cm³/mol. The molecule has 4 rings (SSSR count). The van der Waals surface area contributed by atoms with Crippen LogP contribution >= 0.6 is 0 Å². The van der Waals surface area contributed by atoms with E-state index in [2.05, 4.69) is 27.0 Å². The van der Waals surface area contributed by atoms with E-state index < -0.39 is 0 Å².